The van der Waals surface area contributed by atoms with E-state index in [9.17, 15) is 5.11 Å². The predicted octanol–water partition coefficient (Wildman–Crippen LogP) is 4.00. The Kier molecular flexibility index (Phi) is 4.02. The second kappa shape index (κ2) is 6.31. The molecule has 1 fully saturated rings. The first-order valence-electron chi connectivity index (χ1n) is 8.54. The highest BCUT2D eigenvalue weighted by atomic mass is 16.3. The number of benzene rings is 2. The second-order valence-corrected chi connectivity index (χ2v) is 6.71. The van der Waals surface area contributed by atoms with Gasteiger partial charge in [0.2, 0.25) is 0 Å². The van der Waals surface area contributed by atoms with Gasteiger partial charge in [-0.2, -0.15) is 0 Å². The van der Waals surface area contributed by atoms with Crippen molar-refractivity contribution in [2.24, 2.45) is 0 Å². The normalized spacial score (nSPS) is 23.8. The van der Waals surface area contributed by atoms with Crippen LogP contribution in [0.1, 0.15) is 36.0 Å². The van der Waals surface area contributed by atoms with Crippen LogP contribution in [0.15, 0.2) is 60.7 Å². The highest BCUT2D eigenvalue weighted by molar-refractivity contribution is 5.68. The van der Waals surface area contributed by atoms with Gasteiger partial charge in [0.15, 0.2) is 0 Å². The standard InChI is InChI=1S/C21H23NO/c23-15-17-7-4-8-18(11-17)19-12-20-9-10-21(13-19)22(20)14-16-5-2-1-3-6-16/h1-8,11-12,20-21,23H,9-10,13-15H2. The van der Waals surface area contributed by atoms with E-state index in [0.717, 1.165) is 18.5 Å². The number of nitrogens with zero attached hydrogens (tertiary/aromatic N) is 1. The van der Waals surface area contributed by atoms with E-state index in [-0.39, 0.29) is 6.61 Å². The van der Waals surface area contributed by atoms with Gasteiger partial charge in [-0.3, -0.25) is 4.90 Å². The van der Waals surface area contributed by atoms with Gasteiger partial charge >= 0.3 is 0 Å². The molecule has 0 amide bonds. The molecule has 2 aromatic rings. The van der Waals surface area contributed by atoms with Crippen molar-refractivity contribution in [3.8, 4) is 0 Å². The van der Waals surface area contributed by atoms with Crippen molar-refractivity contribution in [1.82, 2.24) is 4.90 Å². The maximum atomic E-state index is 9.36. The van der Waals surface area contributed by atoms with E-state index in [4.69, 9.17) is 0 Å². The predicted molar refractivity (Wildman–Crippen MR) is 93.8 cm³/mol. The van der Waals surface area contributed by atoms with Crippen molar-refractivity contribution in [3.63, 3.8) is 0 Å². The summed E-state index contributed by atoms with van der Waals surface area (Å²) in [6.07, 6.45) is 6.14. The zero-order valence-electron chi connectivity index (χ0n) is 13.4. The molecule has 4 rings (SSSR count). The third-order valence-electron chi connectivity index (χ3n) is 5.23. The molecule has 2 heteroatoms. The van der Waals surface area contributed by atoms with Crippen molar-refractivity contribution in [2.45, 2.75) is 44.5 Å². The molecule has 0 aliphatic carbocycles. The molecule has 2 aromatic carbocycles. The van der Waals surface area contributed by atoms with Crippen LogP contribution in [0.4, 0.5) is 0 Å². The van der Waals surface area contributed by atoms with Crippen molar-refractivity contribution in [1.29, 1.82) is 0 Å². The molecule has 1 saturated heterocycles. The van der Waals surface area contributed by atoms with Crippen molar-refractivity contribution < 1.29 is 5.11 Å². The number of rotatable bonds is 4. The minimum atomic E-state index is 0.119. The molecule has 0 spiro atoms. The van der Waals surface area contributed by atoms with Gasteiger partial charge in [-0.1, -0.05) is 54.6 Å². The zero-order chi connectivity index (χ0) is 15.6. The number of aliphatic hydroxyl groups is 1. The molecule has 0 aromatic heterocycles. The average Bonchev–Trinajstić information content (AvgIpc) is 2.84. The van der Waals surface area contributed by atoms with Crippen molar-refractivity contribution in [3.05, 3.63) is 77.4 Å². The lowest BCUT2D eigenvalue weighted by molar-refractivity contribution is 0.203. The molecule has 2 unspecified atom stereocenters. The molecule has 2 heterocycles. The topological polar surface area (TPSA) is 23.5 Å². The molecule has 2 aliphatic heterocycles. The first-order valence-corrected chi connectivity index (χ1v) is 8.54. The Bertz CT molecular complexity index is 707. The van der Waals surface area contributed by atoms with Gasteiger partial charge in [0.05, 0.1) is 6.61 Å². The summed E-state index contributed by atoms with van der Waals surface area (Å²) >= 11 is 0. The van der Waals surface area contributed by atoms with Crippen LogP contribution in [0, 0.1) is 0 Å². The lowest BCUT2D eigenvalue weighted by atomic mass is 9.93. The molecule has 2 aliphatic rings. The van der Waals surface area contributed by atoms with Crippen LogP contribution in [-0.2, 0) is 13.2 Å². The van der Waals surface area contributed by atoms with Crippen LogP contribution < -0.4 is 0 Å². The molecule has 0 radical (unpaired) electrons. The maximum absolute atomic E-state index is 9.36. The van der Waals surface area contributed by atoms with Crippen LogP contribution >= 0.6 is 0 Å². The largest absolute Gasteiger partial charge is 0.392 e. The van der Waals surface area contributed by atoms with E-state index in [0.29, 0.717) is 12.1 Å². The monoisotopic (exact) mass is 305 g/mol. The first-order chi connectivity index (χ1) is 11.3. The van der Waals surface area contributed by atoms with Gasteiger partial charge in [-0.25, -0.2) is 0 Å². The van der Waals surface area contributed by atoms with E-state index in [1.807, 2.05) is 6.07 Å². The van der Waals surface area contributed by atoms with Crippen LogP contribution in [0.3, 0.4) is 0 Å². The third kappa shape index (κ3) is 2.97. The summed E-state index contributed by atoms with van der Waals surface area (Å²) in [6, 6.07) is 20.4. The van der Waals surface area contributed by atoms with Crippen LogP contribution in [0.25, 0.3) is 5.57 Å². The number of fused-ring (bicyclic) bond motifs is 2. The zero-order valence-corrected chi connectivity index (χ0v) is 13.4. The Morgan fingerprint density at radius 2 is 1.78 bits per heavy atom. The van der Waals surface area contributed by atoms with Gasteiger partial charge in [0.25, 0.3) is 0 Å². The molecule has 0 saturated carbocycles. The van der Waals surface area contributed by atoms with Gasteiger partial charge in [0, 0.05) is 18.6 Å². The van der Waals surface area contributed by atoms with Crippen molar-refractivity contribution >= 4 is 5.57 Å². The highest BCUT2D eigenvalue weighted by Crippen LogP contribution is 2.39. The lowest BCUT2D eigenvalue weighted by Gasteiger charge is -2.34. The SMILES string of the molecule is OCc1cccc(C2=CC3CCC(C2)N3Cc2ccccc2)c1. The fraction of sp³-hybridized carbons (Fsp3) is 0.333. The summed E-state index contributed by atoms with van der Waals surface area (Å²) in [5, 5.41) is 9.36. The van der Waals surface area contributed by atoms with Gasteiger partial charge < -0.3 is 5.11 Å². The van der Waals surface area contributed by atoms with Crippen LogP contribution in [0.2, 0.25) is 0 Å². The summed E-state index contributed by atoms with van der Waals surface area (Å²) in [5.41, 5.74) is 5.15. The molecule has 1 N–H and O–H groups in total. The van der Waals surface area contributed by atoms with Gasteiger partial charge in [0.1, 0.15) is 0 Å². The third-order valence-corrected chi connectivity index (χ3v) is 5.23. The van der Waals surface area contributed by atoms with Crippen LogP contribution in [-0.4, -0.2) is 22.1 Å². The Labute approximate surface area is 138 Å². The summed E-state index contributed by atoms with van der Waals surface area (Å²) < 4.78 is 0. The molecule has 23 heavy (non-hydrogen) atoms. The molecule has 2 bridgehead atoms. The van der Waals surface area contributed by atoms with E-state index in [2.05, 4.69) is 59.5 Å². The summed E-state index contributed by atoms with van der Waals surface area (Å²) in [4.78, 5) is 2.66. The molecular formula is C21H23NO. The summed E-state index contributed by atoms with van der Waals surface area (Å²) in [5.74, 6) is 0. The first kappa shape index (κ1) is 14.7. The average molecular weight is 305 g/mol. The van der Waals surface area contributed by atoms with Crippen molar-refractivity contribution in [2.75, 3.05) is 0 Å². The summed E-state index contributed by atoms with van der Waals surface area (Å²) in [6.45, 7) is 1.17. The van der Waals surface area contributed by atoms with Crippen LogP contribution in [0.5, 0.6) is 0 Å². The van der Waals surface area contributed by atoms with E-state index >= 15 is 0 Å². The Hall–Kier alpha value is -1.90. The fourth-order valence-electron chi connectivity index (χ4n) is 4.04. The van der Waals surface area contributed by atoms with E-state index in [1.54, 1.807) is 0 Å². The Morgan fingerprint density at radius 3 is 2.57 bits per heavy atom. The van der Waals surface area contributed by atoms with Gasteiger partial charge in [-0.05, 0) is 47.6 Å². The van der Waals surface area contributed by atoms with E-state index in [1.165, 1.54) is 29.5 Å². The maximum Gasteiger partial charge on any atom is 0.0682 e. The minimum Gasteiger partial charge on any atom is -0.392 e. The lowest BCUT2D eigenvalue weighted by Crippen LogP contribution is -2.37. The fourth-order valence-corrected chi connectivity index (χ4v) is 4.04. The molecule has 2 nitrogen and oxygen atoms in total. The Morgan fingerprint density at radius 1 is 0.957 bits per heavy atom. The molecule has 118 valence electrons. The van der Waals surface area contributed by atoms with Gasteiger partial charge in [-0.15, -0.1) is 0 Å². The molecular weight excluding hydrogens is 282 g/mol. The highest BCUT2D eigenvalue weighted by Gasteiger charge is 2.36. The minimum absolute atomic E-state index is 0.119. The number of hydrogen-bond acceptors (Lipinski definition) is 2. The quantitative estimate of drug-likeness (QED) is 0.923. The molecule has 2 atom stereocenters. The second-order valence-electron chi connectivity index (χ2n) is 6.71. The summed E-state index contributed by atoms with van der Waals surface area (Å²) in [7, 11) is 0. The number of aliphatic hydroxyl groups excluding tert-OH is 1. The number of hydrogen-bond donors (Lipinski definition) is 1. The Balaban J connectivity index is 1.56. The smallest absolute Gasteiger partial charge is 0.0682 e. The van der Waals surface area contributed by atoms with E-state index < -0.39 is 0 Å².